The van der Waals surface area contributed by atoms with E-state index >= 15 is 0 Å². The predicted octanol–water partition coefficient (Wildman–Crippen LogP) is -0.309. The lowest BCUT2D eigenvalue weighted by Crippen LogP contribution is -2.49. The molecule has 3 rings (SSSR count). The number of hydrogen-bond donors (Lipinski definition) is 4. The molecule has 1 saturated heterocycles. The molecule has 2 aromatic rings. The average Bonchev–Trinajstić information content (AvgIpc) is 3.05. The van der Waals surface area contributed by atoms with Crippen molar-refractivity contribution in [2.75, 3.05) is 38.5 Å². The van der Waals surface area contributed by atoms with Crippen LogP contribution in [0.4, 0.5) is 5.69 Å². The number of carbonyl (C=O) groups excluding carboxylic acids is 2. The van der Waals surface area contributed by atoms with Gasteiger partial charge in [0.25, 0.3) is 0 Å². The number of carboxylic acids is 1. The molecule has 0 spiro atoms. The molecule has 0 saturated carbocycles. The van der Waals surface area contributed by atoms with Crippen LogP contribution < -0.4 is 11.1 Å². The summed E-state index contributed by atoms with van der Waals surface area (Å²) in [6, 6.07) is 3.79. The van der Waals surface area contributed by atoms with Gasteiger partial charge in [-0.05, 0) is 25.2 Å². The molecular weight excluding hydrogens is 352 g/mol. The summed E-state index contributed by atoms with van der Waals surface area (Å²) in [6.45, 7) is 2.86. The van der Waals surface area contributed by atoms with Gasteiger partial charge < -0.3 is 30.9 Å². The van der Waals surface area contributed by atoms with Crippen molar-refractivity contribution in [1.29, 1.82) is 0 Å². The lowest BCUT2D eigenvalue weighted by molar-refractivity contribution is -0.134. The van der Waals surface area contributed by atoms with Crippen molar-refractivity contribution in [2.24, 2.45) is 5.73 Å². The highest BCUT2D eigenvalue weighted by molar-refractivity contribution is 5.99. The van der Waals surface area contributed by atoms with Crippen LogP contribution in [0.15, 0.2) is 18.2 Å². The maximum atomic E-state index is 12.3. The lowest BCUT2D eigenvalue weighted by atomic mass is 10.1. The summed E-state index contributed by atoms with van der Waals surface area (Å²) in [5, 5.41) is 11.6. The highest BCUT2D eigenvalue weighted by Crippen LogP contribution is 2.17. The van der Waals surface area contributed by atoms with Crippen molar-refractivity contribution in [3.05, 3.63) is 24.0 Å². The SMILES string of the molecule is CN1CCN(C(=O)C[C@H](N)C(=O)Nc2ccc3nc(C(=O)O)[nH]c3c2)CC1. The molecule has 1 aromatic carbocycles. The molecule has 0 aliphatic carbocycles. The molecule has 1 atom stereocenters. The number of carbonyl (C=O) groups is 3. The smallest absolute Gasteiger partial charge is 0.371 e. The molecule has 0 radical (unpaired) electrons. The number of anilines is 1. The number of aromatic nitrogens is 2. The van der Waals surface area contributed by atoms with Crippen molar-refractivity contribution in [3.8, 4) is 0 Å². The molecule has 0 bridgehead atoms. The number of nitrogens with zero attached hydrogens (tertiary/aromatic N) is 3. The fourth-order valence-corrected chi connectivity index (χ4v) is 2.89. The summed E-state index contributed by atoms with van der Waals surface area (Å²) < 4.78 is 0. The Hall–Kier alpha value is -2.98. The van der Waals surface area contributed by atoms with Gasteiger partial charge in [0, 0.05) is 31.9 Å². The third-order valence-corrected chi connectivity index (χ3v) is 4.54. The number of H-pyrrole nitrogens is 1. The zero-order valence-electron chi connectivity index (χ0n) is 14.9. The van der Waals surface area contributed by atoms with Crippen LogP contribution in [0.1, 0.15) is 17.0 Å². The van der Waals surface area contributed by atoms with Crippen LogP contribution in [0.5, 0.6) is 0 Å². The lowest BCUT2D eigenvalue weighted by Gasteiger charge is -2.32. The zero-order chi connectivity index (χ0) is 19.6. The largest absolute Gasteiger partial charge is 0.475 e. The van der Waals surface area contributed by atoms with E-state index in [0.29, 0.717) is 29.8 Å². The minimum absolute atomic E-state index is 0.0645. The number of aromatic carboxylic acids is 1. The van der Waals surface area contributed by atoms with Gasteiger partial charge in [-0.15, -0.1) is 0 Å². The molecule has 10 nitrogen and oxygen atoms in total. The van der Waals surface area contributed by atoms with E-state index in [9.17, 15) is 14.4 Å². The monoisotopic (exact) mass is 374 g/mol. The second kappa shape index (κ2) is 7.72. The summed E-state index contributed by atoms with van der Waals surface area (Å²) in [6.07, 6.45) is -0.0645. The van der Waals surface area contributed by atoms with Crippen LogP contribution in [0, 0.1) is 0 Å². The quantitative estimate of drug-likeness (QED) is 0.562. The molecular formula is C17H22N6O4. The first-order valence-electron chi connectivity index (χ1n) is 8.59. The fraction of sp³-hybridized carbons (Fsp3) is 0.412. The Morgan fingerprint density at radius 2 is 2.00 bits per heavy atom. The number of likely N-dealkylation sites (N-methyl/N-ethyl adjacent to an activating group) is 1. The summed E-state index contributed by atoms with van der Waals surface area (Å²) >= 11 is 0. The number of aromatic amines is 1. The van der Waals surface area contributed by atoms with Crippen molar-refractivity contribution in [3.63, 3.8) is 0 Å². The van der Waals surface area contributed by atoms with Crippen LogP contribution in [0.3, 0.4) is 0 Å². The van der Waals surface area contributed by atoms with Crippen molar-refractivity contribution < 1.29 is 19.5 Å². The summed E-state index contributed by atoms with van der Waals surface area (Å²) in [7, 11) is 2.00. The van der Waals surface area contributed by atoms with E-state index in [4.69, 9.17) is 10.8 Å². The van der Waals surface area contributed by atoms with Gasteiger partial charge in [0.2, 0.25) is 17.6 Å². The first kappa shape index (κ1) is 18.8. The number of amides is 2. The maximum absolute atomic E-state index is 12.3. The third kappa shape index (κ3) is 4.41. The van der Waals surface area contributed by atoms with E-state index in [1.165, 1.54) is 0 Å². The molecule has 1 aliphatic heterocycles. The number of hydrogen-bond acceptors (Lipinski definition) is 6. The number of fused-ring (bicyclic) bond motifs is 1. The first-order chi connectivity index (χ1) is 12.8. The number of benzene rings is 1. The minimum Gasteiger partial charge on any atom is -0.475 e. The number of carboxylic acid groups (broad SMARTS) is 1. The van der Waals surface area contributed by atoms with Gasteiger partial charge in [-0.2, -0.15) is 0 Å². The molecule has 10 heteroatoms. The Kier molecular flexibility index (Phi) is 5.38. The number of rotatable bonds is 5. The minimum atomic E-state index is -1.17. The standard InChI is InChI=1S/C17H22N6O4/c1-22-4-6-23(7-5-22)14(24)9-11(18)16(25)19-10-2-3-12-13(8-10)21-15(20-12)17(26)27/h2-3,8,11H,4-7,9,18H2,1H3,(H,19,25)(H,20,21)(H,26,27)/t11-/m0/s1. The molecule has 1 aliphatic rings. The fourth-order valence-electron chi connectivity index (χ4n) is 2.89. The van der Waals surface area contributed by atoms with Gasteiger partial charge in [-0.25, -0.2) is 9.78 Å². The van der Waals surface area contributed by atoms with Gasteiger partial charge >= 0.3 is 5.97 Å². The first-order valence-corrected chi connectivity index (χ1v) is 8.59. The van der Waals surface area contributed by atoms with Crippen LogP contribution in [-0.4, -0.2) is 81.9 Å². The van der Waals surface area contributed by atoms with Gasteiger partial charge in [0.1, 0.15) is 0 Å². The van der Waals surface area contributed by atoms with Gasteiger partial charge in [0.15, 0.2) is 0 Å². The van der Waals surface area contributed by atoms with E-state index in [1.54, 1.807) is 23.1 Å². The number of piperazine rings is 1. The van der Waals surface area contributed by atoms with Gasteiger partial charge in [-0.1, -0.05) is 0 Å². The van der Waals surface area contributed by atoms with E-state index in [1.807, 2.05) is 7.05 Å². The van der Waals surface area contributed by atoms with Crippen LogP contribution in [0.25, 0.3) is 11.0 Å². The van der Waals surface area contributed by atoms with E-state index in [0.717, 1.165) is 13.1 Å². The van der Waals surface area contributed by atoms with Crippen LogP contribution in [0.2, 0.25) is 0 Å². The molecule has 2 amide bonds. The van der Waals surface area contributed by atoms with E-state index in [-0.39, 0.29) is 18.2 Å². The number of imidazole rings is 1. The Balaban J connectivity index is 1.59. The number of nitrogens with one attached hydrogen (secondary N) is 2. The van der Waals surface area contributed by atoms with Crippen molar-refractivity contribution in [1.82, 2.24) is 19.8 Å². The van der Waals surface area contributed by atoms with E-state index in [2.05, 4.69) is 20.2 Å². The summed E-state index contributed by atoms with van der Waals surface area (Å²) in [5.74, 6) is -1.96. The molecule has 5 N–H and O–H groups in total. The number of nitrogens with two attached hydrogens (primary N) is 1. The average molecular weight is 374 g/mol. The van der Waals surface area contributed by atoms with Crippen molar-refractivity contribution in [2.45, 2.75) is 12.5 Å². The van der Waals surface area contributed by atoms with Crippen LogP contribution in [-0.2, 0) is 9.59 Å². The van der Waals surface area contributed by atoms with Gasteiger partial charge in [0.05, 0.1) is 23.5 Å². The Morgan fingerprint density at radius 1 is 1.30 bits per heavy atom. The molecule has 0 unspecified atom stereocenters. The van der Waals surface area contributed by atoms with E-state index < -0.39 is 17.9 Å². The molecule has 1 fully saturated rings. The Morgan fingerprint density at radius 3 is 2.67 bits per heavy atom. The summed E-state index contributed by atoms with van der Waals surface area (Å²) in [5.41, 5.74) is 7.28. The highest BCUT2D eigenvalue weighted by atomic mass is 16.4. The second-order valence-corrected chi connectivity index (χ2v) is 6.61. The molecule has 2 heterocycles. The molecule has 1 aromatic heterocycles. The topological polar surface area (TPSA) is 145 Å². The Labute approximate surface area is 155 Å². The zero-order valence-corrected chi connectivity index (χ0v) is 14.9. The highest BCUT2D eigenvalue weighted by Gasteiger charge is 2.24. The summed E-state index contributed by atoms with van der Waals surface area (Å²) in [4.78, 5) is 46.0. The second-order valence-electron chi connectivity index (χ2n) is 6.61. The van der Waals surface area contributed by atoms with Crippen LogP contribution >= 0.6 is 0 Å². The maximum Gasteiger partial charge on any atom is 0.371 e. The molecule has 27 heavy (non-hydrogen) atoms. The normalized spacial score (nSPS) is 16.3. The predicted molar refractivity (Wildman–Crippen MR) is 98.4 cm³/mol. The third-order valence-electron chi connectivity index (χ3n) is 4.54. The van der Waals surface area contributed by atoms with Gasteiger partial charge in [-0.3, -0.25) is 9.59 Å². The van der Waals surface area contributed by atoms with Crippen molar-refractivity contribution >= 4 is 34.5 Å². The molecule has 144 valence electrons. The Bertz CT molecular complexity index is 871.